The Labute approximate surface area is 131 Å². The van der Waals surface area contributed by atoms with Crippen molar-refractivity contribution in [2.45, 2.75) is 38.9 Å². The van der Waals surface area contributed by atoms with Gasteiger partial charge in [0.2, 0.25) is 0 Å². The molecule has 1 heterocycles. The average molecular weight is 322 g/mol. The van der Waals surface area contributed by atoms with Crippen molar-refractivity contribution < 1.29 is 18.0 Å². The summed E-state index contributed by atoms with van der Waals surface area (Å²) in [5, 5.41) is 0. The van der Waals surface area contributed by atoms with E-state index in [4.69, 9.17) is 5.73 Å². The van der Waals surface area contributed by atoms with E-state index in [2.05, 4.69) is 4.57 Å². The summed E-state index contributed by atoms with van der Waals surface area (Å²) < 4.78 is 40.2. The largest absolute Gasteiger partial charge is 0.416 e. The molecule has 0 unspecified atom stereocenters. The van der Waals surface area contributed by atoms with E-state index in [1.165, 1.54) is 12.1 Å². The monoisotopic (exact) mass is 322 g/mol. The number of hydrogen-bond acceptors (Lipinski definition) is 1. The zero-order valence-electron chi connectivity index (χ0n) is 12.9. The minimum atomic E-state index is -4.38. The normalized spacial score (nSPS) is 15.0. The molecule has 0 spiro atoms. The number of amides is 1. The highest BCUT2D eigenvalue weighted by atomic mass is 19.4. The van der Waals surface area contributed by atoms with Crippen LogP contribution in [0.15, 0.2) is 24.3 Å². The smallest absolute Gasteiger partial charge is 0.366 e. The van der Waals surface area contributed by atoms with Crippen LogP contribution in [-0.4, -0.2) is 10.5 Å². The quantitative estimate of drug-likeness (QED) is 0.903. The van der Waals surface area contributed by atoms with Gasteiger partial charge in [0.05, 0.1) is 11.1 Å². The Bertz CT molecular complexity index is 769. The molecule has 3 nitrogen and oxygen atoms in total. The van der Waals surface area contributed by atoms with Crippen LogP contribution in [0.5, 0.6) is 0 Å². The zero-order chi connectivity index (χ0) is 16.9. The van der Waals surface area contributed by atoms with Crippen LogP contribution in [0, 0.1) is 13.8 Å². The Morgan fingerprint density at radius 3 is 2.13 bits per heavy atom. The van der Waals surface area contributed by atoms with Crippen LogP contribution in [0.2, 0.25) is 0 Å². The molecule has 3 rings (SSSR count). The fraction of sp³-hybridized carbons (Fsp3) is 0.353. The first kappa shape index (κ1) is 15.6. The van der Waals surface area contributed by atoms with E-state index in [9.17, 15) is 18.0 Å². The van der Waals surface area contributed by atoms with Gasteiger partial charge in [0.25, 0.3) is 5.91 Å². The van der Waals surface area contributed by atoms with Gasteiger partial charge in [-0.2, -0.15) is 13.2 Å². The van der Waals surface area contributed by atoms with Crippen molar-refractivity contribution in [2.75, 3.05) is 0 Å². The molecule has 2 N–H and O–H groups in total. The van der Waals surface area contributed by atoms with Gasteiger partial charge in [-0.1, -0.05) is 12.1 Å². The van der Waals surface area contributed by atoms with Crippen LogP contribution >= 0.6 is 0 Å². The standard InChI is InChI=1S/C17H17F3N2O/c1-9-14(11-3-5-12(6-4-11)17(18,19)20)15(16(21)23)10(2)22(9)13-7-8-13/h3-6,13H,7-8H2,1-2H3,(H2,21,23). The molecule has 1 aliphatic carbocycles. The second-order valence-corrected chi connectivity index (χ2v) is 5.96. The molecule has 0 bridgehead atoms. The molecule has 0 aliphatic heterocycles. The summed E-state index contributed by atoms with van der Waals surface area (Å²) in [6, 6.07) is 5.21. The fourth-order valence-electron chi connectivity index (χ4n) is 3.22. The van der Waals surface area contributed by atoms with Gasteiger partial charge < -0.3 is 10.3 Å². The number of benzene rings is 1. The van der Waals surface area contributed by atoms with Crippen molar-refractivity contribution in [3.63, 3.8) is 0 Å². The fourth-order valence-corrected chi connectivity index (χ4v) is 3.22. The van der Waals surface area contributed by atoms with Crippen LogP contribution in [0.3, 0.4) is 0 Å². The lowest BCUT2D eigenvalue weighted by molar-refractivity contribution is -0.137. The Morgan fingerprint density at radius 2 is 1.70 bits per heavy atom. The third-order valence-electron chi connectivity index (χ3n) is 4.36. The second kappa shape index (κ2) is 5.15. The third kappa shape index (κ3) is 2.62. The van der Waals surface area contributed by atoms with Gasteiger partial charge in [-0.25, -0.2) is 0 Å². The number of alkyl halides is 3. The number of nitrogens with zero attached hydrogens (tertiary/aromatic N) is 1. The number of nitrogens with two attached hydrogens (primary N) is 1. The number of rotatable bonds is 3. The van der Waals surface area contributed by atoms with Gasteiger partial charge >= 0.3 is 6.18 Å². The molecule has 1 saturated carbocycles. The van der Waals surface area contributed by atoms with Crippen molar-refractivity contribution in [2.24, 2.45) is 5.73 Å². The van der Waals surface area contributed by atoms with Crippen LogP contribution < -0.4 is 5.73 Å². The summed E-state index contributed by atoms with van der Waals surface area (Å²) >= 11 is 0. The van der Waals surface area contributed by atoms with Gasteiger partial charge in [-0.15, -0.1) is 0 Å². The third-order valence-corrected chi connectivity index (χ3v) is 4.36. The number of aromatic nitrogens is 1. The van der Waals surface area contributed by atoms with Crippen LogP contribution in [0.25, 0.3) is 11.1 Å². The highest BCUT2D eigenvalue weighted by Crippen LogP contribution is 2.43. The Kier molecular flexibility index (Phi) is 3.50. The molecular formula is C17H17F3N2O. The first-order chi connectivity index (χ1) is 10.7. The number of carbonyl (C=O) groups excluding carboxylic acids is 1. The summed E-state index contributed by atoms with van der Waals surface area (Å²) in [4.78, 5) is 11.9. The molecule has 0 saturated heterocycles. The average Bonchev–Trinajstić information content (AvgIpc) is 3.24. The van der Waals surface area contributed by atoms with Crippen molar-refractivity contribution in [3.05, 3.63) is 46.8 Å². The highest BCUT2D eigenvalue weighted by Gasteiger charge is 2.33. The Balaban J connectivity index is 2.15. The minimum absolute atomic E-state index is 0.358. The van der Waals surface area contributed by atoms with E-state index in [0.717, 1.165) is 36.4 Å². The molecule has 122 valence electrons. The number of carbonyl (C=O) groups is 1. The van der Waals surface area contributed by atoms with Crippen LogP contribution in [0.1, 0.15) is 46.2 Å². The lowest BCUT2D eigenvalue weighted by Crippen LogP contribution is -2.13. The molecule has 0 radical (unpaired) electrons. The molecule has 6 heteroatoms. The van der Waals surface area contributed by atoms with E-state index in [-0.39, 0.29) is 0 Å². The second-order valence-electron chi connectivity index (χ2n) is 5.96. The molecule has 23 heavy (non-hydrogen) atoms. The van der Waals surface area contributed by atoms with Crippen LogP contribution in [-0.2, 0) is 6.18 Å². The summed E-state index contributed by atoms with van der Waals surface area (Å²) in [5.74, 6) is -0.556. The van der Waals surface area contributed by atoms with Gasteiger partial charge in [0.15, 0.2) is 0 Å². The molecule has 1 amide bonds. The van der Waals surface area contributed by atoms with E-state index in [0.29, 0.717) is 22.7 Å². The molecule has 1 fully saturated rings. The van der Waals surface area contributed by atoms with Crippen molar-refractivity contribution >= 4 is 5.91 Å². The van der Waals surface area contributed by atoms with E-state index >= 15 is 0 Å². The maximum atomic E-state index is 12.7. The minimum Gasteiger partial charge on any atom is -0.366 e. The van der Waals surface area contributed by atoms with Crippen molar-refractivity contribution in [3.8, 4) is 11.1 Å². The first-order valence-corrected chi connectivity index (χ1v) is 7.40. The number of halogens is 3. The maximum absolute atomic E-state index is 12.7. The Hall–Kier alpha value is -2.24. The van der Waals surface area contributed by atoms with Gasteiger partial charge in [-0.3, -0.25) is 4.79 Å². The predicted molar refractivity (Wildman–Crippen MR) is 81.1 cm³/mol. The van der Waals surface area contributed by atoms with E-state index in [1.807, 2.05) is 13.8 Å². The highest BCUT2D eigenvalue weighted by molar-refractivity contribution is 6.02. The molecule has 1 aromatic heterocycles. The summed E-state index contributed by atoms with van der Waals surface area (Å²) in [7, 11) is 0. The lowest BCUT2D eigenvalue weighted by atomic mass is 9.99. The van der Waals surface area contributed by atoms with Crippen LogP contribution in [0.4, 0.5) is 13.2 Å². The predicted octanol–water partition coefficient (Wildman–Crippen LogP) is 4.22. The molecule has 2 aromatic rings. The first-order valence-electron chi connectivity index (χ1n) is 7.40. The van der Waals surface area contributed by atoms with E-state index in [1.54, 1.807) is 0 Å². The van der Waals surface area contributed by atoms with Crippen molar-refractivity contribution in [1.29, 1.82) is 0 Å². The van der Waals surface area contributed by atoms with E-state index < -0.39 is 17.6 Å². The zero-order valence-corrected chi connectivity index (χ0v) is 12.9. The molecule has 1 aromatic carbocycles. The van der Waals surface area contributed by atoms with Gasteiger partial charge in [0, 0.05) is 23.0 Å². The topological polar surface area (TPSA) is 48.0 Å². The lowest BCUT2D eigenvalue weighted by Gasteiger charge is -2.09. The van der Waals surface area contributed by atoms with Gasteiger partial charge in [0.1, 0.15) is 0 Å². The molecular weight excluding hydrogens is 305 g/mol. The summed E-state index contributed by atoms with van der Waals surface area (Å²) in [5.41, 5.74) is 8.08. The van der Waals surface area contributed by atoms with Gasteiger partial charge in [-0.05, 0) is 44.4 Å². The Morgan fingerprint density at radius 1 is 1.13 bits per heavy atom. The summed E-state index contributed by atoms with van der Waals surface area (Å²) in [6.07, 6.45) is -2.29. The molecule has 0 atom stereocenters. The summed E-state index contributed by atoms with van der Waals surface area (Å²) in [6.45, 7) is 3.71. The number of hydrogen-bond donors (Lipinski definition) is 1. The number of primary amides is 1. The SMILES string of the molecule is Cc1c(C(N)=O)c(-c2ccc(C(F)(F)F)cc2)c(C)n1C1CC1. The maximum Gasteiger partial charge on any atom is 0.416 e. The van der Waals surface area contributed by atoms with Crippen molar-refractivity contribution in [1.82, 2.24) is 4.57 Å². The molecule has 1 aliphatic rings.